The van der Waals surface area contributed by atoms with E-state index in [9.17, 15) is 0 Å². The predicted molar refractivity (Wildman–Crippen MR) is 218 cm³/mol. The van der Waals surface area contributed by atoms with Crippen molar-refractivity contribution in [3.05, 3.63) is 151 Å². The molecule has 6 aromatic carbocycles. The number of rotatable bonds is 4. The van der Waals surface area contributed by atoms with Gasteiger partial charge in [-0.05, 0) is 113 Å². The van der Waals surface area contributed by atoms with Crippen LogP contribution >= 0.6 is 11.3 Å². The lowest BCUT2D eigenvalue weighted by Crippen LogP contribution is -2.55. The molecule has 0 unspecified atom stereocenters. The number of thiophene rings is 1. The largest absolute Gasteiger partial charge is 0.208 e. The van der Waals surface area contributed by atoms with E-state index in [2.05, 4.69) is 121 Å². The van der Waals surface area contributed by atoms with Gasteiger partial charge >= 0.3 is 0 Å². The van der Waals surface area contributed by atoms with Gasteiger partial charge in [0.15, 0.2) is 17.5 Å². The van der Waals surface area contributed by atoms with Gasteiger partial charge < -0.3 is 0 Å². The average Bonchev–Trinajstić information content (AvgIpc) is 3.73. The molecule has 5 aliphatic rings. The SMILES string of the molecule is c1ccc(-c2nc(-c3cccc(-c4ccc5c(c4)C4(c6ccccc6-5)C5CC6CC(C5)CC4C6)c3)nc(-c3ccc4c(c3)sc3ccccc34)n2)cc1. The fourth-order valence-corrected chi connectivity index (χ4v) is 12.5. The van der Waals surface area contributed by atoms with Crippen LogP contribution in [-0.2, 0) is 5.41 Å². The molecule has 8 aromatic rings. The van der Waals surface area contributed by atoms with E-state index in [1.165, 1.54) is 74.5 Å². The standard InChI is InChI=1S/C49H37N3S/c1-2-9-31(10-3-1)46-50-47(52-48(51-46)35-18-20-41-40-14-5-7-16-44(40)53-45(41)28-35)34-12-8-11-32(26-34)33-17-19-39-38-13-4-6-15-42(38)49(43(39)27-33)36-22-29-21-30(24-36)25-37(49)23-29/h1-20,26-30,36-37H,21-25H2. The van der Waals surface area contributed by atoms with Crippen molar-refractivity contribution in [2.75, 3.05) is 0 Å². The van der Waals surface area contributed by atoms with Crippen molar-refractivity contribution in [2.24, 2.45) is 23.7 Å². The molecule has 254 valence electrons. The molecule has 2 heterocycles. The maximum atomic E-state index is 5.18. The fraction of sp³-hybridized carbons (Fsp3) is 0.204. The summed E-state index contributed by atoms with van der Waals surface area (Å²) in [6.45, 7) is 0. The Morgan fingerprint density at radius 3 is 1.81 bits per heavy atom. The first-order chi connectivity index (χ1) is 26.2. The molecule has 0 atom stereocenters. The van der Waals surface area contributed by atoms with E-state index in [4.69, 9.17) is 15.0 Å². The lowest BCUT2D eigenvalue weighted by Gasteiger charge is -2.61. The highest BCUT2D eigenvalue weighted by atomic mass is 32.1. The summed E-state index contributed by atoms with van der Waals surface area (Å²) >= 11 is 1.82. The highest BCUT2D eigenvalue weighted by Gasteiger charge is 2.61. The summed E-state index contributed by atoms with van der Waals surface area (Å²) < 4.78 is 2.53. The molecule has 0 N–H and O–H groups in total. The third kappa shape index (κ3) is 4.42. The minimum absolute atomic E-state index is 0.149. The molecular weight excluding hydrogens is 663 g/mol. The van der Waals surface area contributed by atoms with Crippen LogP contribution in [0.25, 0.3) is 76.6 Å². The summed E-state index contributed by atoms with van der Waals surface area (Å²) in [5.41, 5.74) is 11.7. The van der Waals surface area contributed by atoms with Crippen LogP contribution in [0, 0.1) is 23.7 Å². The van der Waals surface area contributed by atoms with E-state index < -0.39 is 0 Å². The van der Waals surface area contributed by atoms with Gasteiger partial charge in [-0.1, -0.05) is 115 Å². The molecule has 4 heteroatoms. The van der Waals surface area contributed by atoms with Gasteiger partial charge in [0.2, 0.25) is 0 Å². The summed E-state index contributed by atoms with van der Waals surface area (Å²) in [6, 6.07) is 51.1. The van der Waals surface area contributed by atoms with Crippen LogP contribution in [0.2, 0.25) is 0 Å². The molecule has 0 aliphatic heterocycles. The van der Waals surface area contributed by atoms with Gasteiger partial charge in [0.1, 0.15) is 0 Å². The Hall–Kier alpha value is -5.45. The first kappa shape index (κ1) is 30.1. The molecular formula is C49H37N3S. The van der Waals surface area contributed by atoms with E-state index in [0.29, 0.717) is 17.5 Å². The number of hydrogen-bond donors (Lipinski definition) is 0. The van der Waals surface area contributed by atoms with Gasteiger partial charge in [0.25, 0.3) is 0 Å². The zero-order valence-corrected chi connectivity index (χ0v) is 30.2. The molecule has 4 saturated carbocycles. The minimum Gasteiger partial charge on any atom is -0.208 e. The highest BCUT2D eigenvalue weighted by molar-refractivity contribution is 7.25. The molecule has 0 radical (unpaired) electrons. The minimum atomic E-state index is 0.149. The second-order valence-corrected chi connectivity index (χ2v) is 17.1. The quantitative estimate of drug-likeness (QED) is 0.184. The van der Waals surface area contributed by atoms with Gasteiger partial charge in [-0.3, -0.25) is 0 Å². The van der Waals surface area contributed by atoms with Crippen molar-refractivity contribution in [2.45, 2.75) is 37.5 Å². The van der Waals surface area contributed by atoms with Gasteiger partial charge in [-0.25, -0.2) is 15.0 Å². The molecule has 2 aromatic heterocycles. The normalized spacial score (nSPS) is 23.5. The van der Waals surface area contributed by atoms with Crippen LogP contribution in [-0.4, -0.2) is 15.0 Å². The number of benzene rings is 6. The summed E-state index contributed by atoms with van der Waals surface area (Å²) in [5, 5.41) is 2.56. The maximum absolute atomic E-state index is 5.18. The van der Waals surface area contributed by atoms with Gasteiger partial charge in [-0.15, -0.1) is 11.3 Å². The van der Waals surface area contributed by atoms with Crippen molar-refractivity contribution in [1.82, 2.24) is 15.0 Å². The molecule has 3 nitrogen and oxygen atoms in total. The third-order valence-electron chi connectivity index (χ3n) is 13.3. The van der Waals surface area contributed by atoms with Crippen molar-refractivity contribution >= 4 is 31.5 Å². The highest BCUT2D eigenvalue weighted by Crippen LogP contribution is 2.69. The smallest absolute Gasteiger partial charge is 0.164 e. The van der Waals surface area contributed by atoms with E-state index in [1.54, 1.807) is 11.1 Å². The van der Waals surface area contributed by atoms with Gasteiger partial charge in [-0.2, -0.15) is 0 Å². The van der Waals surface area contributed by atoms with E-state index in [0.717, 1.165) is 40.4 Å². The second kappa shape index (κ2) is 11.3. The number of hydrogen-bond acceptors (Lipinski definition) is 4. The Kier molecular flexibility index (Phi) is 6.39. The number of nitrogens with zero attached hydrogens (tertiary/aromatic N) is 3. The van der Waals surface area contributed by atoms with Gasteiger partial charge in [0, 0.05) is 42.3 Å². The summed E-state index contributed by atoms with van der Waals surface area (Å²) in [5.74, 6) is 5.42. The first-order valence-electron chi connectivity index (χ1n) is 19.3. The fourth-order valence-electron chi connectivity index (χ4n) is 11.4. The van der Waals surface area contributed by atoms with Gasteiger partial charge in [0.05, 0.1) is 0 Å². The number of fused-ring (bicyclic) bond motifs is 6. The molecule has 5 aliphatic carbocycles. The Balaban J connectivity index is 0.985. The number of aromatic nitrogens is 3. The second-order valence-electron chi connectivity index (χ2n) is 16.0. The van der Waals surface area contributed by atoms with E-state index in [-0.39, 0.29) is 5.41 Å². The molecule has 0 amide bonds. The van der Waals surface area contributed by atoms with Crippen molar-refractivity contribution < 1.29 is 0 Å². The summed E-state index contributed by atoms with van der Waals surface area (Å²) in [6.07, 6.45) is 7.03. The molecule has 4 fully saturated rings. The van der Waals surface area contributed by atoms with Crippen LogP contribution in [0.1, 0.15) is 43.2 Å². The van der Waals surface area contributed by atoms with Crippen molar-refractivity contribution in [1.29, 1.82) is 0 Å². The zero-order chi connectivity index (χ0) is 34.7. The van der Waals surface area contributed by atoms with Crippen LogP contribution < -0.4 is 0 Å². The predicted octanol–water partition coefficient (Wildman–Crippen LogP) is 12.6. The van der Waals surface area contributed by atoms with Crippen LogP contribution in [0.3, 0.4) is 0 Å². The molecule has 1 spiro atoms. The maximum Gasteiger partial charge on any atom is 0.164 e. The first-order valence-corrected chi connectivity index (χ1v) is 20.1. The Morgan fingerprint density at radius 1 is 0.415 bits per heavy atom. The average molecular weight is 700 g/mol. The molecule has 4 bridgehead atoms. The Labute approximate surface area is 313 Å². The lowest BCUT2D eigenvalue weighted by atomic mass is 9.43. The van der Waals surface area contributed by atoms with Crippen LogP contribution in [0.4, 0.5) is 0 Å². The van der Waals surface area contributed by atoms with Crippen molar-refractivity contribution in [3.63, 3.8) is 0 Å². The molecule has 13 rings (SSSR count). The molecule has 53 heavy (non-hydrogen) atoms. The summed E-state index contributed by atoms with van der Waals surface area (Å²) in [7, 11) is 0. The Morgan fingerprint density at radius 2 is 1.00 bits per heavy atom. The summed E-state index contributed by atoms with van der Waals surface area (Å²) in [4.78, 5) is 15.4. The van der Waals surface area contributed by atoms with Crippen molar-refractivity contribution in [3.8, 4) is 56.4 Å². The van der Waals surface area contributed by atoms with E-state index >= 15 is 0 Å². The topological polar surface area (TPSA) is 38.7 Å². The zero-order valence-electron chi connectivity index (χ0n) is 29.4. The van der Waals surface area contributed by atoms with Crippen LogP contribution in [0.15, 0.2) is 140 Å². The van der Waals surface area contributed by atoms with Crippen LogP contribution in [0.5, 0.6) is 0 Å². The third-order valence-corrected chi connectivity index (χ3v) is 14.4. The monoisotopic (exact) mass is 699 g/mol. The Bertz CT molecular complexity index is 2730. The molecule has 0 saturated heterocycles. The lowest BCUT2D eigenvalue weighted by molar-refractivity contribution is -0.0399. The van der Waals surface area contributed by atoms with E-state index in [1.807, 2.05) is 29.5 Å².